The summed E-state index contributed by atoms with van der Waals surface area (Å²) in [4.78, 5) is 38.7. The van der Waals surface area contributed by atoms with Crippen LogP contribution in [0.5, 0.6) is 0 Å². The number of nitrogens with two attached hydrogens (primary N) is 1. The Morgan fingerprint density at radius 1 is 1.12 bits per heavy atom. The number of ether oxygens (including phenoxy) is 1. The van der Waals surface area contributed by atoms with E-state index in [0.29, 0.717) is 57.3 Å². The van der Waals surface area contributed by atoms with Crippen molar-refractivity contribution in [1.29, 1.82) is 0 Å². The zero-order chi connectivity index (χ0) is 28.1. The monoisotopic (exact) mass is 544 g/mol. The lowest BCUT2D eigenvalue weighted by molar-refractivity contribution is -0.124. The number of hydrogen-bond donors (Lipinski definition) is 3. The number of fused-ring (bicyclic) bond motifs is 1. The molecule has 1 aliphatic heterocycles. The summed E-state index contributed by atoms with van der Waals surface area (Å²) in [7, 11) is 2.05. The zero-order valence-electron chi connectivity index (χ0n) is 22.5. The van der Waals surface area contributed by atoms with Gasteiger partial charge in [-0.05, 0) is 31.2 Å². The summed E-state index contributed by atoms with van der Waals surface area (Å²) in [5, 5.41) is 8.63. The van der Waals surface area contributed by atoms with Gasteiger partial charge in [0, 0.05) is 44.6 Å². The minimum absolute atomic E-state index is 0.197. The number of imidazole rings is 1. The maximum absolute atomic E-state index is 11.2. The first-order valence-electron chi connectivity index (χ1n) is 13.0. The van der Waals surface area contributed by atoms with E-state index < -0.39 is 5.91 Å². The Kier molecular flexibility index (Phi) is 8.24. The van der Waals surface area contributed by atoms with Crippen molar-refractivity contribution in [3.05, 3.63) is 59.7 Å². The summed E-state index contributed by atoms with van der Waals surface area (Å²) in [5.74, 6) is 1.81. The molecule has 0 aliphatic carbocycles. The molecule has 40 heavy (non-hydrogen) atoms. The lowest BCUT2D eigenvalue weighted by Gasteiger charge is -2.28. The van der Waals surface area contributed by atoms with Crippen LogP contribution in [0.15, 0.2) is 42.7 Å². The molecular weight excluding hydrogens is 512 g/mol. The third-order valence-electron chi connectivity index (χ3n) is 6.59. The van der Waals surface area contributed by atoms with E-state index in [1.165, 1.54) is 6.08 Å². The highest BCUT2D eigenvalue weighted by Crippen LogP contribution is 2.29. The van der Waals surface area contributed by atoms with Gasteiger partial charge in [-0.3, -0.25) is 14.9 Å². The van der Waals surface area contributed by atoms with Gasteiger partial charge < -0.3 is 19.9 Å². The van der Waals surface area contributed by atoms with E-state index in [2.05, 4.69) is 31.3 Å². The maximum Gasteiger partial charge on any atom is 0.267 e. The molecule has 13 nitrogen and oxygen atoms in total. The summed E-state index contributed by atoms with van der Waals surface area (Å²) < 4.78 is 7.70. The predicted octanol–water partition coefficient (Wildman–Crippen LogP) is 1.87. The number of anilines is 2. The number of nitrogen functional groups attached to an aromatic ring is 1. The molecule has 1 amide bonds. The molecule has 0 spiro atoms. The first-order valence-corrected chi connectivity index (χ1v) is 13.0. The minimum atomic E-state index is -0.571. The molecule has 0 radical (unpaired) electrons. The van der Waals surface area contributed by atoms with Crippen molar-refractivity contribution in [2.75, 3.05) is 44.0 Å². The highest BCUT2D eigenvalue weighted by Gasteiger charge is 2.23. The summed E-state index contributed by atoms with van der Waals surface area (Å²) >= 11 is 0. The topological polar surface area (TPSA) is 160 Å². The van der Waals surface area contributed by atoms with Crippen LogP contribution in [0.25, 0.3) is 28.6 Å². The van der Waals surface area contributed by atoms with Gasteiger partial charge in [0.2, 0.25) is 5.95 Å². The number of hydrogen-bond acceptors (Lipinski definition) is 11. The zero-order valence-corrected chi connectivity index (χ0v) is 22.5. The number of aromatic nitrogens is 6. The number of nitrogens with one attached hydrogen (secondary N) is 1. The number of morpholine rings is 1. The van der Waals surface area contributed by atoms with E-state index in [-0.39, 0.29) is 5.95 Å². The highest BCUT2D eigenvalue weighted by atomic mass is 16.5. The second kappa shape index (κ2) is 12.2. The Balaban J connectivity index is 1.43. The molecule has 13 heteroatoms. The van der Waals surface area contributed by atoms with E-state index in [1.54, 1.807) is 23.9 Å². The third kappa shape index (κ3) is 6.06. The number of carbonyl (C=O) groups is 1. The molecule has 0 atom stereocenters. The molecule has 1 saturated heterocycles. The van der Waals surface area contributed by atoms with Gasteiger partial charge in [-0.1, -0.05) is 24.3 Å². The molecule has 3 aromatic heterocycles. The Bertz CT molecular complexity index is 1500. The molecule has 0 saturated carbocycles. The standard InChI is InChI=1S/C27H32N10O3/c1-3-37-21(17-35(2)16-19-6-4-18(5-7-19)8-9-22(38)34-39)31-23-25(36-10-12-40-13-11-36)32-24(33-26(23)37)20-14-29-27(28)30-15-20/h4-9,14-15,39H,3,10-13,16-17H2,1-2H3,(H,34,38)(H2,28,29,30). The van der Waals surface area contributed by atoms with E-state index in [1.807, 2.05) is 31.3 Å². The fraction of sp³-hybridized carbons (Fsp3) is 0.333. The smallest absolute Gasteiger partial charge is 0.267 e. The molecule has 4 aromatic rings. The average molecular weight is 545 g/mol. The second-order valence-corrected chi connectivity index (χ2v) is 9.47. The minimum Gasteiger partial charge on any atom is -0.378 e. The number of amides is 1. The molecule has 0 bridgehead atoms. The van der Waals surface area contributed by atoms with Crippen LogP contribution in [0.2, 0.25) is 0 Å². The molecule has 5 rings (SSSR count). The van der Waals surface area contributed by atoms with Crippen LogP contribution >= 0.6 is 0 Å². The largest absolute Gasteiger partial charge is 0.378 e. The van der Waals surface area contributed by atoms with Gasteiger partial charge in [-0.25, -0.2) is 30.4 Å². The first kappa shape index (κ1) is 27.1. The van der Waals surface area contributed by atoms with E-state index >= 15 is 0 Å². The van der Waals surface area contributed by atoms with Crippen LogP contribution in [0, 0.1) is 0 Å². The van der Waals surface area contributed by atoms with Gasteiger partial charge in [0.25, 0.3) is 5.91 Å². The molecule has 0 unspecified atom stereocenters. The van der Waals surface area contributed by atoms with Crippen molar-refractivity contribution in [2.24, 2.45) is 0 Å². The van der Waals surface area contributed by atoms with Gasteiger partial charge in [-0.15, -0.1) is 0 Å². The molecule has 1 aromatic carbocycles. The molecule has 1 aliphatic rings. The number of nitrogens with zero attached hydrogens (tertiary/aromatic N) is 8. The van der Waals surface area contributed by atoms with Crippen molar-refractivity contribution in [1.82, 2.24) is 39.9 Å². The molecule has 208 valence electrons. The van der Waals surface area contributed by atoms with Crippen LogP contribution in [0.4, 0.5) is 11.8 Å². The van der Waals surface area contributed by atoms with Crippen molar-refractivity contribution in [2.45, 2.75) is 26.6 Å². The first-order chi connectivity index (χ1) is 19.4. The fourth-order valence-electron chi connectivity index (χ4n) is 4.61. The lowest BCUT2D eigenvalue weighted by Crippen LogP contribution is -2.37. The SMILES string of the molecule is CCn1c(CN(C)Cc2ccc(C=CC(=O)NO)cc2)nc2c(N3CCOCC3)nc(-c3cnc(N)nc3)nc21. The summed E-state index contributed by atoms with van der Waals surface area (Å²) in [6.07, 6.45) is 6.18. The molecule has 1 fully saturated rings. The van der Waals surface area contributed by atoms with Crippen LogP contribution in [0.3, 0.4) is 0 Å². The average Bonchev–Trinajstić information content (AvgIpc) is 3.33. The van der Waals surface area contributed by atoms with E-state index in [4.69, 9.17) is 30.6 Å². The quantitative estimate of drug-likeness (QED) is 0.160. The van der Waals surface area contributed by atoms with E-state index in [9.17, 15) is 4.79 Å². The Morgan fingerprint density at radius 3 is 2.52 bits per heavy atom. The molecule has 4 heterocycles. The second-order valence-electron chi connectivity index (χ2n) is 9.47. The Hall–Kier alpha value is -4.46. The van der Waals surface area contributed by atoms with Crippen molar-refractivity contribution in [3.63, 3.8) is 0 Å². The van der Waals surface area contributed by atoms with Gasteiger partial charge in [0.05, 0.1) is 25.3 Å². The van der Waals surface area contributed by atoms with Crippen molar-refractivity contribution < 1.29 is 14.7 Å². The number of carbonyl (C=O) groups excluding carboxylic acids is 1. The van der Waals surface area contributed by atoms with Crippen LogP contribution < -0.4 is 16.1 Å². The number of rotatable bonds is 9. The Labute approximate surface area is 231 Å². The maximum atomic E-state index is 11.2. The normalized spacial score (nSPS) is 13.9. The summed E-state index contributed by atoms with van der Waals surface area (Å²) in [6, 6.07) is 7.88. The fourth-order valence-corrected chi connectivity index (χ4v) is 4.61. The van der Waals surface area contributed by atoms with Crippen LogP contribution in [-0.4, -0.2) is 78.9 Å². The predicted molar refractivity (Wildman–Crippen MR) is 150 cm³/mol. The van der Waals surface area contributed by atoms with Crippen molar-refractivity contribution in [3.8, 4) is 11.4 Å². The summed E-state index contributed by atoms with van der Waals surface area (Å²) in [6.45, 7) is 6.76. The van der Waals surface area contributed by atoms with Crippen LogP contribution in [0.1, 0.15) is 23.9 Å². The number of hydroxylamine groups is 1. The van der Waals surface area contributed by atoms with Gasteiger partial charge in [-0.2, -0.15) is 0 Å². The molecule has 4 N–H and O–H groups in total. The number of aryl methyl sites for hydroxylation is 1. The third-order valence-corrected chi connectivity index (χ3v) is 6.59. The van der Waals surface area contributed by atoms with Crippen LogP contribution in [-0.2, 0) is 29.2 Å². The van der Waals surface area contributed by atoms with E-state index in [0.717, 1.165) is 33.9 Å². The molecular formula is C27H32N10O3. The van der Waals surface area contributed by atoms with Crippen molar-refractivity contribution >= 4 is 34.9 Å². The van der Waals surface area contributed by atoms with Gasteiger partial charge >= 0.3 is 0 Å². The Morgan fingerprint density at radius 2 is 1.85 bits per heavy atom. The lowest BCUT2D eigenvalue weighted by atomic mass is 10.1. The summed E-state index contributed by atoms with van der Waals surface area (Å²) in [5.41, 5.74) is 11.5. The highest BCUT2D eigenvalue weighted by molar-refractivity contribution is 5.90. The number of benzene rings is 1. The van der Waals surface area contributed by atoms with Gasteiger partial charge in [0.15, 0.2) is 22.8 Å². The van der Waals surface area contributed by atoms with Gasteiger partial charge in [0.1, 0.15) is 5.82 Å².